The maximum atomic E-state index is 12.4. The minimum Gasteiger partial charge on any atom is -0.350 e. The van der Waals surface area contributed by atoms with Gasteiger partial charge in [-0.15, -0.1) is 0 Å². The first-order chi connectivity index (χ1) is 11.2. The summed E-state index contributed by atoms with van der Waals surface area (Å²) in [7, 11) is 0. The fourth-order valence-electron chi connectivity index (χ4n) is 3.11. The highest BCUT2D eigenvalue weighted by atomic mass is 79.9. The van der Waals surface area contributed by atoms with Crippen LogP contribution in [0.5, 0.6) is 0 Å². The average molecular weight is 373 g/mol. The number of hydrogen-bond donors (Lipinski definition) is 1. The molecule has 4 heteroatoms. The minimum atomic E-state index is -0.0218. The first-order valence-corrected chi connectivity index (χ1v) is 8.86. The van der Waals surface area contributed by atoms with Gasteiger partial charge in [0.2, 0.25) is 0 Å². The predicted octanol–water partition coefficient (Wildman–Crippen LogP) is 4.02. The Kier molecular flexibility index (Phi) is 5.47. The molecule has 23 heavy (non-hydrogen) atoms. The lowest BCUT2D eigenvalue weighted by molar-refractivity contribution is 0.0938. The maximum absolute atomic E-state index is 12.4. The lowest BCUT2D eigenvalue weighted by Gasteiger charge is -2.28. The third-order valence-corrected chi connectivity index (χ3v) is 4.80. The van der Waals surface area contributed by atoms with Gasteiger partial charge in [0.1, 0.15) is 0 Å². The lowest BCUT2D eigenvalue weighted by atomic mass is 10.1. The topological polar surface area (TPSA) is 32.3 Å². The Hall–Kier alpha value is -1.65. The molecule has 1 fully saturated rings. The summed E-state index contributed by atoms with van der Waals surface area (Å²) >= 11 is 3.41. The number of likely N-dealkylation sites (tertiary alicyclic amines) is 1. The van der Waals surface area contributed by atoms with Gasteiger partial charge in [0.25, 0.3) is 5.91 Å². The zero-order valence-electron chi connectivity index (χ0n) is 13.0. The van der Waals surface area contributed by atoms with Crippen LogP contribution in [0.15, 0.2) is 59.1 Å². The van der Waals surface area contributed by atoms with Crippen molar-refractivity contribution in [2.45, 2.75) is 18.9 Å². The zero-order valence-corrected chi connectivity index (χ0v) is 14.6. The normalized spacial score (nSPS) is 16.2. The number of carbonyl (C=O) groups is 1. The van der Waals surface area contributed by atoms with Gasteiger partial charge < -0.3 is 5.32 Å². The molecule has 2 aromatic rings. The van der Waals surface area contributed by atoms with E-state index in [1.807, 2.05) is 30.3 Å². The summed E-state index contributed by atoms with van der Waals surface area (Å²) in [6, 6.07) is 18.2. The largest absolute Gasteiger partial charge is 0.350 e. The van der Waals surface area contributed by atoms with Crippen LogP contribution in [0.25, 0.3) is 0 Å². The first kappa shape index (κ1) is 16.2. The molecule has 3 nitrogen and oxygen atoms in total. The standard InChI is InChI=1S/C19H21BrN2O/c20-17-10-6-9-16(13-17)19(23)21-14-18(22-11-4-5-12-22)15-7-2-1-3-8-15/h1-3,6-10,13,18H,4-5,11-12,14H2,(H,21,23)/t18-/m1/s1. The van der Waals surface area contributed by atoms with Crippen LogP contribution < -0.4 is 5.32 Å². The van der Waals surface area contributed by atoms with Crippen LogP contribution in [-0.2, 0) is 0 Å². The van der Waals surface area contributed by atoms with Gasteiger partial charge in [-0.3, -0.25) is 9.69 Å². The van der Waals surface area contributed by atoms with E-state index in [4.69, 9.17) is 0 Å². The van der Waals surface area contributed by atoms with Crippen molar-refractivity contribution < 1.29 is 4.79 Å². The third-order valence-electron chi connectivity index (χ3n) is 4.31. The molecule has 1 saturated heterocycles. The van der Waals surface area contributed by atoms with E-state index in [2.05, 4.69) is 50.4 Å². The predicted molar refractivity (Wildman–Crippen MR) is 96.5 cm³/mol. The Morgan fingerprint density at radius 2 is 1.83 bits per heavy atom. The van der Waals surface area contributed by atoms with Gasteiger partial charge in [-0.05, 0) is 49.7 Å². The number of benzene rings is 2. The van der Waals surface area contributed by atoms with E-state index >= 15 is 0 Å². The second kappa shape index (κ2) is 7.75. The highest BCUT2D eigenvalue weighted by molar-refractivity contribution is 9.10. The summed E-state index contributed by atoms with van der Waals surface area (Å²) in [5, 5.41) is 3.10. The Labute approximate surface area is 145 Å². The Morgan fingerprint density at radius 1 is 1.09 bits per heavy atom. The monoisotopic (exact) mass is 372 g/mol. The van der Waals surface area contributed by atoms with Crippen LogP contribution in [-0.4, -0.2) is 30.4 Å². The van der Waals surface area contributed by atoms with Crippen LogP contribution in [0.2, 0.25) is 0 Å². The van der Waals surface area contributed by atoms with Crippen molar-refractivity contribution in [3.63, 3.8) is 0 Å². The van der Waals surface area contributed by atoms with Crippen molar-refractivity contribution in [3.8, 4) is 0 Å². The molecule has 0 aromatic heterocycles. The van der Waals surface area contributed by atoms with E-state index in [-0.39, 0.29) is 11.9 Å². The minimum absolute atomic E-state index is 0.0218. The molecule has 0 spiro atoms. The van der Waals surface area contributed by atoms with Crippen molar-refractivity contribution in [3.05, 3.63) is 70.2 Å². The average Bonchev–Trinajstić information content (AvgIpc) is 3.10. The fourth-order valence-corrected chi connectivity index (χ4v) is 3.51. The maximum Gasteiger partial charge on any atom is 0.251 e. The van der Waals surface area contributed by atoms with E-state index in [1.54, 1.807) is 0 Å². The number of carbonyl (C=O) groups excluding carboxylic acids is 1. The summed E-state index contributed by atoms with van der Waals surface area (Å²) in [5.41, 5.74) is 1.96. The van der Waals surface area contributed by atoms with Crippen molar-refractivity contribution in [1.82, 2.24) is 10.2 Å². The second-order valence-corrected chi connectivity index (χ2v) is 6.81. The van der Waals surface area contributed by atoms with Crippen LogP contribution in [0, 0.1) is 0 Å². The second-order valence-electron chi connectivity index (χ2n) is 5.89. The number of rotatable bonds is 5. The van der Waals surface area contributed by atoms with Gasteiger partial charge in [0.15, 0.2) is 0 Å². The van der Waals surface area contributed by atoms with Crippen LogP contribution in [0.3, 0.4) is 0 Å². The smallest absolute Gasteiger partial charge is 0.251 e. The molecule has 1 heterocycles. The summed E-state index contributed by atoms with van der Waals surface area (Å²) in [5.74, 6) is -0.0218. The van der Waals surface area contributed by atoms with Crippen LogP contribution in [0.4, 0.5) is 0 Å². The van der Waals surface area contributed by atoms with E-state index in [0.29, 0.717) is 12.1 Å². The molecule has 0 saturated carbocycles. The van der Waals surface area contributed by atoms with E-state index in [1.165, 1.54) is 18.4 Å². The molecule has 1 aliphatic heterocycles. The molecule has 1 aliphatic rings. The van der Waals surface area contributed by atoms with Gasteiger partial charge in [0.05, 0.1) is 6.04 Å². The lowest BCUT2D eigenvalue weighted by Crippen LogP contribution is -2.36. The summed E-state index contributed by atoms with van der Waals surface area (Å²) < 4.78 is 0.921. The van der Waals surface area contributed by atoms with Crippen LogP contribution >= 0.6 is 15.9 Å². The molecule has 0 radical (unpaired) electrons. The number of nitrogens with zero attached hydrogens (tertiary/aromatic N) is 1. The SMILES string of the molecule is O=C(NC[C@H](c1ccccc1)N1CCCC1)c1cccc(Br)c1. The van der Waals surface area contributed by atoms with Crippen molar-refractivity contribution >= 4 is 21.8 Å². The van der Waals surface area contributed by atoms with Gasteiger partial charge in [-0.2, -0.15) is 0 Å². The Morgan fingerprint density at radius 3 is 2.52 bits per heavy atom. The van der Waals surface area contributed by atoms with Crippen LogP contribution in [0.1, 0.15) is 34.8 Å². The molecule has 0 unspecified atom stereocenters. The molecular weight excluding hydrogens is 352 g/mol. The highest BCUT2D eigenvalue weighted by Crippen LogP contribution is 2.24. The van der Waals surface area contributed by atoms with Crippen molar-refractivity contribution in [1.29, 1.82) is 0 Å². The van der Waals surface area contributed by atoms with Crippen molar-refractivity contribution in [2.24, 2.45) is 0 Å². The zero-order chi connectivity index (χ0) is 16.1. The van der Waals surface area contributed by atoms with Gasteiger partial charge in [-0.25, -0.2) is 0 Å². The van der Waals surface area contributed by atoms with Gasteiger partial charge in [-0.1, -0.05) is 52.3 Å². The van der Waals surface area contributed by atoms with Gasteiger partial charge in [0, 0.05) is 16.6 Å². The molecule has 0 bridgehead atoms. The highest BCUT2D eigenvalue weighted by Gasteiger charge is 2.23. The molecule has 3 rings (SSSR count). The fraction of sp³-hybridized carbons (Fsp3) is 0.316. The molecule has 2 aromatic carbocycles. The quantitative estimate of drug-likeness (QED) is 0.859. The molecule has 1 N–H and O–H groups in total. The third kappa shape index (κ3) is 4.21. The number of hydrogen-bond acceptors (Lipinski definition) is 2. The van der Waals surface area contributed by atoms with E-state index in [9.17, 15) is 4.79 Å². The molecule has 120 valence electrons. The molecular formula is C19H21BrN2O. The molecule has 1 atom stereocenters. The van der Waals surface area contributed by atoms with Gasteiger partial charge >= 0.3 is 0 Å². The Bertz CT molecular complexity index is 653. The summed E-state index contributed by atoms with van der Waals surface area (Å²) in [6.45, 7) is 2.84. The Balaban J connectivity index is 1.70. The van der Waals surface area contributed by atoms with E-state index in [0.717, 1.165) is 17.6 Å². The van der Waals surface area contributed by atoms with E-state index < -0.39 is 0 Å². The van der Waals surface area contributed by atoms with Crippen molar-refractivity contribution in [2.75, 3.05) is 19.6 Å². The first-order valence-electron chi connectivity index (χ1n) is 8.07. The molecule has 1 amide bonds. The molecule has 0 aliphatic carbocycles. The summed E-state index contributed by atoms with van der Waals surface area (Å²) in [4.78, 5) is 14.9. The number of halogens is 1. The number of nitrogens with one attached hydrogen (secondary N) is 1. The summed E-state index contributed by atoms with van der Waals surface area (Å²) in [6.07, 6.45) is 2.48. The number of amides is 1.